The highest BCUT2D eigenvalue weighted by Crippen LogP contribution is 2.33. The number of ether oxygens (including phenoxy) is 1. The van der Waals surface area contributed by atoms with Gasteiger partial charge in [0.05, 0.1) is 23.8 Å². The SMILES string of the molecule is CCOc1ccccc1N1CC(C(=O)Nc2cc(C(=O)O)ccc2C)CC1=O. The van der Waals surface area contributed by atoms with E-state index in [2.05, 4.69) is 5.32 Å². The van der Waals surface area contributed by atoms with Gasteiger partial charge < -0.3 is 20.1 Å². The predicted octanol–water partition coefficient (Wildman–Crippen LogP) is 3.08. The van der Waals surface area contributed by atoms with Gasteiger partial charge in [0.15, 0.2) is 0 Å². The molecular formula is C21H22N2O5. The van der Waals surface area contributed by atoms with Gasteiger partial charge in [0.1, 0.15) is 5.75 Å². The molecular weight excluding hydrogens is 360 g/mol. The lowest BCUT2D eigenvalue weighted by molar-refractivity contribution is -0.122. The van der Waals surface area contributed by atoms with Gasteiger partial charge in [-0.25, -0.2) is 4.79 Å². The molecule has 1 atom stereocenters. The minimum Gasteiger partial charge on any atom is -0.492 e. The molecule has 1 unspecified atom stereocenters. The Morgan fingerprint density at radius 3 is 2.71 bits per heavy atom. The van der Waals surface area contributed by atoms with Gasteiger partial charge in [0, 0.05) is 18.7 Å². The molecule has 1 aliphatic rings. The van der Waals surface area contributed by atoms with Gasteiger partial charge in [-0.15, -0.1) is 0 Å². The second-order valence-corrected chi connectivity index (χ2v) is 6.63. The van der Waals surface area contributed by atoms with E-state index in [1.165, 1.54) is 12.1 Å². The molecule has 28 heavy (non-hydrogen) atoms. The lowest BCUT2D eigenvalue weighted by atomic mass is 10.1. The van der Waals surface area contributed by atoms with Gasteiger partial charge in [0.2, 0.25) is 11.8 Å². The summed E-state index contributed by atoms with van der Waals surface area (Å²) < 4.78 is 5.59. The number of carboxylic acid groups (broad SMARTS) is 1. The van der Waals surface area contributed by atoms with Gasteiger partial charge in [-0.2, -0.15) is 0 Å². The zero-order valence-electron chi connectivity index (χ0n) is 15.8. The van der Waals surface area contributed by atoms with Crippen molar-refractivity contribution in [1.29, 1.82) is 0 Å². The summed E-state index contributed by atoms with van der Waals surface area (Å²) in [6.45, 7) is 4.37. The van der Waals surface area contributed by atoms with Crippen molar-refractivity contribution in [3.8, 4) is 5.75 Å². The van der Waals surface area contributed by atoms with Crippen LogP contribution in [0.3, 0.4) is 0 Å². The molecule has 7 heteroatoms. The van der Waals surface area contributed by atoms with E-state index < -0.39 is 11.9 Å². The van der Waals surface area contributed by atoms with E-state index in [0.29, 0.717) is 23.7 Å². The third-order valence-electron chi connectivity index (χ3n) is 4.69. The maximum Gasteiger partial charge on any atom is 0.335 e. The van der Waals surface area contributed by atoms with Crippen molar-refractivity contribution < 1.29 is 24.2 Å². The van der Waals surface area contributed by atoms with Gasteiger partial charge in [-0.1, -0.05) is 18.2 Å². The molecule has 1 aliphatic heterocycles. The number of hydrogen-bond donors (Lipinski definition) is 2. The first-order valence-electron chi connectivity index (χ1n) is 9.07. The Labute approximate surface area is 162 Å². The molecule has 1 saturated heterocycles. The Morgan fingerprint density at radius 2 is 2.00 bits per heavy atom. The first kappa shape index (κ1) is 19.4. The van der Waals surface area contributed by atoms with Crippen molar-refractivity contribution in [3.63, 3.8) is 0 Å². The molecule has 2 aromatic rings. The number of rotatable bonds is 6. The monoisotopic (exact) mass is 382 g/mol. The van der Waals surface area contributed by atoms with Crippen molar-refractivity contribution in [3.05, 3.63) is 53.6 Å². The molecule has 0 spiro atoms. The quantitative estimate of drug-likeness (QED) is 0.800. The number of para-hydroxylation sites is 2. The smallest absolute Gasteiger partial charge is 0.335 e. The Bertz CT molecular complexity index is 925. The fourth-order valence-corrected chi connectivity index (χ4v) is 3.20. The van der Waals surface area contributed by atoms with Crippen LogP contribution < -0.4 is 15.0 Å². The third kappa shape index (κ3) is 3.98. The normalized spacial score (nSPS) is 16.1. The van der Waals surface area contributed by atoms with Crippen LogP contribution in [0.15, 0.2) is 42.5 Å². The molecule has 2 amide bonds. The zero-order chi connectivity index (χ0) is 20.3. The van der Waals surface area contributed by atoms with Crippen molar-refractivity contribution in [2.75, 3.05) is 23.4 Å². The molecule has 1 fully saturated rings. The number of carboxylic acids is 1. The largest absolute Gasteiger partial charge is 0.492 e. The van der Waals surface area contributed by atoms with E-state index in [0.717, 1.165) is 5.56 Å². The van der Waals surface area contributed by atoms with Crippen molar-refractivity contribution >= 4 is 29.2 Å². The van der Waals surface area contributed by atoms with Crippen LogP contribution in [0, 0.1) is 12.8 Å². The Balaban J connectivity index is 1.76. The van der Waals surface area contributed by atoms with E-state index >= 15 is 0 Å². The summed E-state index contributed by atoms with van der Waals surface area (Å²) >= 11 is 0. The molecule has 146 valence electrons. The number of benzene rings is 2. The fourth-order valence-electron chi connectivity index (χ4n) is 3.20. The number of nitrogens with one attached hydrogen (secondary N) is 1. The highest BCUT2D eigenvalue weighted by molar-refractivity contribution is 6.04. The van der Waals surface area contributed by atoms with E-state index in [1.54, 1.807) is 30.0 Å². The summed E-state index contributed by atoms with van der Waals surface area (Å²) in [5, 5.41) is 11.9. The maximum absolute atomic E-state index is 12.7. The summed E-state index contributed by atoms with van der Waals surface area (Å²) in [4.78, 5) is 38.0. The first-order valence-corrected chi connectivity index (χ1v) is 9.07. The van der Waals surface area contributed by atoms with Gasteiger partial charge in [-0.05, 0) is 43.7 Å². The number of aromatic carboxylic acids is 1. The Hall–Kier alpha value is -3.35. The molecule has 2 N–H and O–H groups in total. The number of nitrogens with zero attached hydrogens (tertiary/aromatic N) is 1. The molecule has 0 aromatic heterocycles. The lowest BCUT2D eigenvalue weighted by Crippen LogP contribution is -2.28. The third-order valence-corrected chi connectivity index (χ3v) is 4.69. The van der Waals surface area contributed by atoms with Crippen LogP contribution in [0.25, 0.3) is 0 Å². The number of carbonyl (C=O) groups is 3. The summed E-state index contributed by atoms with van der Waals surface area (Å²) in [6.07, 6.45) is 0.0873. The number of carbonyl (C=O) groups excluding carboxylic acids is 2. The second-order valence-electron chi connectivity index (χ2n) is 6.63. The predicted molar refractivity (Wildman–Crippen MR) is 105 cm³/mol. The average molecular weight is 382 g/mol. The summed E-state index contributed by atoms with van der Waals surface area (Å²) in [5.74, 6) is -1.46. The summed E-state index contributed by atoms with van der Waals surface area (Å²) in [7, 11) is 0. The molecule has 3 rings (SSSR count). The minimum atomic E-state index is -1.06. The van der Waals surface area contributed by atoms with Crippen LogP contribution in [-0.4, -0.2) is 36.0 Å². The second kappa shape index (κ2) is 8.12. The van der Waals surface area contributed by atoms with Crippen LogP contribution in [0.4, 0.5) is 11.4 Å². The van der Waals surface area contributed by atoms with Crippen molar-refractivity contribution in [2.45, 2.75) is 20.3 Å². The van der Waals surface area contributed by atoms with Crippen LogP contribution in [0.5, 0.6) is 5.75 Å². The van der Waals surface area contributed by atoms with Crippen molar-refractivity contribution in [1.82, 2.24) is 0 Å². The number of amides is 2. The molecule has 0 bridgehead atoms. The summed E-state index contributed by atoms with van der Waals surface area (Å²) in [5.41, 5.74) is 1.93. The molecule has 0 saturated carbocycles. The van der Waals surface area contributed by atoms with Gasteiger partial charge in [-0.3, -0.25) is 9.59 Å². The molecule has 2 aromatic carbocycles. The average Bonchev–Trinajstić information content (AvgIpc) is 3.06. The molecule has 1 heterocycles. The first-order chi connectivity index (χ1) is 13.4. The van der Waals surface area contributed by atoms with E-state index in [-0.39, 0.29) is 30.3 Å². The fraction of sp³-hybridized carbons (Fsp3) is 0.286. The highest BCUT2D eigenvalue weighted by Gasteiger charge is 2.36. The molecule has 7 nitrogen and oxygen atoms in total. The highest BCUT2D eigenvalue weighted by atomic mass is 16.5. The lowest BCUT2D eigenvalue weighted by Gasteiger charge is -2.20. The van der Waals surface area contributed by atoms with E-state index in [4.69, 9.17) is 9.84 Å². The Kier molecular flexibility index (Phi) is 5.63. The van der Waals surface area contributed by atoms with Crippen LogP contribution in [0.2, 0.25) is 0 Å². The molecule has 0 aliphatic carbocycles. The van der Waals surface area contributed by atoms with Crippen LogP contribution >= 0.6 is 0 Å². The van der Waals surface area contributed by atoms with Crippen molar-refractivity contribution in [2.24, 2.45) is 5.92 Å². The van der Waals surface area contributed by atoms with Crippen LogP contribution in [-0.2, 0) is 9.59 Å². The standard InChI is InChI=1S/C21H22N2O5/c1-3-28-18-7-5-4-6-17(18)23-12-15(11-19(23)24)20(25)22-16-10-14(21(26)27)9-8-13(16)2/h4-10,15H,3,11-12H2,1-2H3,(H,22,25)(H,26,27). The summed E-state index contributed by atoms with van der Waals surface area (Å²) in [6, 6.07) is 11.8. The topological polar surface area (TPSA) is 95.9 Å². The van der Waals surface area contributed by atoms with Gasteiger partial charge >= 0.3 is 5.97 Å². The number of aryl methyl sites for hydroxylation is 1. The Morgan fingerprint density at radius 1 is 1.25 bits per heavy atom. The minimum absolute atomic E-state index is 0.0873. The zero-order valence-corrected chi connectivity index (χ0v) is 15.8. The van der Waals surface area contributed by atoms with Crippen LogP contribution in [0.1, 0.15) is 29.3 Å². The molecule has 0 radical (unpaired) electrons. The van der Waals surface area contributed by atoms with E-state index in [1.807, 2.05) is 19.1 Å². The number of hydrogen-bond acceptors (Lipinski definition) is 4. The van der Waals surface area contributed by atoms with Gasteiger partial charge in [0.25, 0.3) is 0 Å². The van der Waals surface area contributed by atoms with E-state index in [9.17, 15) is 14.4 Å². The maximum atomic E-state index is 12.7. The number of anilines is 2.